The molecule has 0 heterocycles. The van der Waals surface area contributed by atoms with Crippen LogP contribution >= 0.6 is 12.6 Å². The van der Waals surface area contributed by atoms with Crippen molar-refractivity contribution in [1.82, 2.24) is 0 Å². The average molecular weight is 246 g/mol. The minimum atomic E-state index is 0.609. The van der Waals surface area contributed by atoms with Crippen LogP contribution in [0.15, 0.2) is 45.9 Å². The second-order valence-corrected chi connectivity index (χ2v) is 5.40. The molecule has 0 N–H and O–H groups in total. The lowest BCUT2D eigenvalue weighted by Crippen LogP contribution is -1.94. The van der Waals surface area contributed by atoms with Crippen LogP contribution in [0.2, 0.25) is 0 Å². The summed E-state index contributed by atoms with van der Waals surface area (Å²) in [5.74, 6) is 0.609. The topological polar surface area (TPSA) is 0 Å². The van der Waals surface area contributed by atoms with E-state index in [1.807, 2.05) is 12.1 Å². The Morgan fingerprint density at radius 3 is 2.06 bits per heavy atom. The van der Waals surface area contributed by atoms with Gasteiger partial charge in [0.25, 0.3) is 0 Å². The van der Waals surface area contributed by atoms with Gasteiger partial charge in [-0.1, -0.05) is 37.6 Å². The van der Waals surface area contributed by atoms with E-state index in [-0.39, 0.29) is 0 Å². The Morgan fingerprint density at radius 2 is 1.59 bits per heavy atom. The quantitative estimate of drug-likeness (QED) is 0.538. The van der Waals surface area contributed by atoms with E-state index in [0.717, 1.165) is 4.90 Å². The molecule has 0 aliphatic rings. The van der Waals surface area contributed by atoms with E-state index in [2.05, 4.69) is 65.5 Å². The maximum Gasteiger partial charge on any atom is 0.00403 e. The molecule has 1 aromatic carbocycles. The highest BCUT2D eigenvalue weighted by Crippen LogP contribution is 2.22. The fourth-order valence-corrected chi connectivity index (χ4v) is 1.82. The molecule has 0 aromatic heterocycles. The highest BCUT2D eigenvalue weighted by molar-refractivity contribution is 7.80. The molecular formula is C16H22S. The molecule has 0 aliphatic heterocycles. The van der Waals surface area contributed by atoms with E-state index in [9.17, 15) is 0 Å². The summed E-state index contributed by atoms with van der Waals surface area (Å²) in [5.41, 5.74) is 5.43. The predicted molar refractivity (Wildman–Crippen MR) is 80.6 cm³/mol. The molecule has 0 saturated carbocycles. The van der Waals surface area contributed by atoms with Gasteiger partial charge in [-0.05, 0) is 55.5 Å². The van der Waals surface area contributed by atoms with Gasteiger partial charge in [-0.2, -0.15) is 0 Å². The summed E-state index contributed by atoms with van der Waals surface area (Å²) in [6, 6.07) is 8.25. The smallest absolute Gasteiger partial charge is 0.00403 e. The molecule has 0 aliphatic carbocycles. The first-order valence-corrected chi connectivity index (χ1v) is 6.51. The van der Waals surface area contributed by atoms with E-state index in [1.54, 1.807) is 0 Å². The zero-order chi connectivity index (χ0) is 13.0. The van der Waals surface area contributed by atoms with Crippen LogP contribution in [0.25, 0.3) is 6.08 Å². The van der Waals surface area contributed by atoms with Crippen molar-refractivity contribution in [2.45, 2.75) is 39.5 Å². The molecule has 1 rings (SSSR count). The van der Waals surface area contributed by atoms with Gasteiger partial charge in [0.1, 0.15) is 0 Å². The van der Waals surface area contributed by atoms with Crippen LogP contribution in [0.3, 0.4) is 0 Å². The second-order valence-electron chi connectivity index (χ2n) is 4.88. The molecule has 1 aromatic rings. The van der Waals surface area contributed by atoms with Crippen molar-refractivity contribution < 1.29 is 0 Å². The predicted octanol–water partition coefficient (Wildman–Crippen LogP) is 5.37. The SMILES string of the molecule is CC(=C(\C)C(C)C)/C(C)=C/c1ccc(S)cc1. The molecular weight excluding hydrogens is 224 g/mol. The maximum absolute atomic E-state index is 4.29. The average Bonchev–Trinajstić information content (AvgIpc) is 2.30. The first kappa shape index (κ1) is 14.1. The van der Waals surface area contributed by atoms with Crippen LogP contribution < -0.4 is 0 Å². The first-order valence-electron chi connectivity index (χ1n) is 6.07. The Balaban J connectivity index is 3.00. The fourth-order valence-electron chi connectivity index (χ4n) is 1.67. The molecule has 0 unspecified atom stereocenters. The first-order chi connectivity index (χ1) is 7.91. The van der Waals surface area contributed by atoms with Gasteiger partial charge in [0.05, 0.1) is 0 Å². The summed E-state index contributed by atoms with van der Waals surface area (Å²) >= 11 is 4.29. The highest BCUT2D eigenvalue weighted by Gasteiger charge is 2.03. The Kier molecular flexibility index (Phi) is 5.07. The van der Waals surface area contributed by atoms with Crippen LogP contribution in [0.1, 0.15) is 40.2 Å². The van der Waals surface area contributed by atoms with Gasteiger partial charge in [-0.25, -0.2) is 0 Å². The molecule has 0 saturated heterocycles. The maximum atomic E-state index is 4.29. The van der Waals surface area contributed by atoms with Gasteiger partial charge >= 0.3 is 0 Å². The van der Waals surface area contributed by atoms with Crippen LogP contribution in [0.4, 0.5) is 0 Å². The molecule has 0 fully saturated rings. The lowest BCUT2D eigenvalue weighted by atomic mass is 9.94. The van der Waals surface area contributed by atoms with Crippen LogP contribution in [-0.2, 0) is 0 Å². The Morgan fingerprint density at radius 1 is 1.06 bits per heavy atom. The molecule has 0 amide bonds. The summed E-state index contributed by atoms with van der Waals surface area (Å²) in [7, 11) is 0. The van der Waals surface area contributed by atoms with Crippen molar-refractivity contribution in [3.05, 3.63) is 46.5 Å². The molecule has 0 atom stereocenters. The Bertz CT molecular complexity index is 433. The number of hydrogen-bond acceptors (Lipinski definition) is 1. The molecule has 17 heavy (non-hydrogen) atoms. The minimum Gasteiger partial charge on any atom is -0.143 e. The van der Waals surface area contributed by atoms with Crippen LogP contribution in [0, 0.1) is 5.92 Å². The molecule has 1 heteroatoms. The summed E-state index contributed by atoms with van der Waals surface area (Å²) in [6.45, 7) is 11.1. The molecule has 0 nitrogen and oxygen atoms in total. The van der Waals surface area contributed by atoms with Gasteiger partial charge in [0.15, 0.2) is 0 Å². The summed E-state index contributed by atoms with van der Waals surface area (Å²) in [6.07, 6.45) is 2.23. The van der Waals surface area contributed by atoms with Gasteiger partial charge < -0.3 is 0 Å². The van der Waals surface area contributed by atoms with Crippen molar-refractivity contribution >= 4 is 18.7 Å². The third-order valence-electron chi connectivity index (χ3n) is 3.33. The molecule has 0 bridgehead atoms. The van der Waals surface area contributed by atoms with E-state index in [4.69, 9.17) is 0 Å². The number of thiol groups is 1. The Labute approximate surface area is 111 Å². The van der Waals surface area contributed by atoms with E-state index in [0.29, 0.717) is 5.92 Å². The lowest BCUT2D eigenvalue weighted by Gasteiger charge is -2.12. The third kappa shape index (κ3) is 4.08. The lowest BCUT2D eigenvalue weighted by molar-refractivity contribution is 0.758. The monoisotopic (exact) mass is 246 g/mol. The number of benzene rings is 1. The number of rotatable bonds is 3. The van der Waals surface area contributed by atoms with Gasteiger partial charge in [-0.3, -0.25) is 0 Å². The van der Waals surface area contributed by atoms with Gasteiger partial charge in [0.2, 0.25) is 0 Å². The molecule has 0 radical (unpaired) electrons. The summed E-state index contributed by atoms with van der Waals surface area (Å²) in [4.78, 5) is 1.01. The fraction of sp³-hybridized carbons (Fsp3) is 0.375. The zero-order valence-corrected chi connectivity index (χ0v) is 12.3. The molecule has 92 valence electrons. The van der Waals surface area contributed by atoms with Crippen LogP contribution in [-0.4, -0.2) is 0 Å². The van der Waals surface area contributed by atoms with Crippen molar-refractivity contribution in [2.24, 2.45) is 5.92 Å². The van der Waals surface area contributed by atoms with Gasteiger partial charge in [-0.15, -0.1) is 12.6 Å². The summed E-state index contributed by atoms with van der Waals surface area (Å²) in [5, 5.41) is 0. The number of hydrogen-bond donors (Lipinski definition) is 1. The van der Waals surface area contributed by atoms with E-state index >= 15 is 0 Å². The van der Waals surface area contributed by atoms with Gasteiger partial charge in [0, 0.05) is 4.90 Å². The van der Waals surface area contributed by atoms with Crippen molar-refractivity contribution in [2.75, 3.05) is 0 Å². The van der Waals surface area contributed by atoms with Crippen molar-refractivity contribution in [1.29, 1.82) is 0 Å². The van der Waals surface area contributed by atoms with Crippen molar-refractivity contribution in [3.63, 3.8) is 0 Å². The minimum absolute atomic E-state index is 0.609. The highest BCUT2D eigenvalue weighted by atomic mass is 32.1. The largest absolute Gasteiger partial charge is 0.143 e. The number of allylic oxidation sites excluding steroid dienone is 3. The summed E-state index contributed by atoms with van der Waals surface area (Å²) < 4.78 is 0. The molecule has 0 spiro atoms. The Hall–Kier alpha value is -0.950. The van der Waals surface area contributed by atoms with E-state index in [1.165, 1.54) is 22.3 Å². The van der Waals surface area contributed by atoms with Crippen molar-refractivity contribution in [3.8, 4) is 0 Å². The second kappa shape index (κ2) is 6.11. The van der Waals surface area contributed by atoms with Crippen LogP contribution in [0.5, 0.6) is 0 Å². The third-order valence-corrected chi connectivity index (χ3v) is 3.62. The normalized spacial score (nSPS) is 13.9. The zero-order valence-electron chi connectivity index (χ0n) is 11.4. The standard InChI is InChI=1S/C16H22S/c1-11(2)13(4)14(5)12(3)10-15-6-8-16(17)9-7-15/h6-11,17H,1-5H3/b12-10+,14-13-. The van der Waals surface area contributed by atoms with E-state index < -0.39 is 0 Å².